The fraction of sp³-hybridized carbons (Fsp3) is 0.375. The number of urea groups is 1. The average Bonchev–Trinajstić information content (AvgIpc) is 3.25. The van der Waals surface area contributed by atoms with E-state index in [4.69, 9.17) is 0 Å². The van der Waals surface area contributed by atoms with Gasteiger partial charge in [0.05, 0.1) is 12.2 Å². The van der Waals surface area contributed by atoms with E-state index in [0.29, 0.717) is 13.1 Å². The van der Waals surface area contributed by atoms with Crippen molar-refractivity contribution in [1.29, 1.82) is 0 Å². The van der Waals surface area contributed by atoms with Crippen LogP contribution in [0.4, 0.5) is 4.79 Å². The van der Waals surface area contributed by atoms with E-state index in [-0.39, 0.29) is 24.5 Å². The third-order valence-electron chi connectivity index (χ3n) is 4.26. The minimum atomic E-state index is -0.307. The van der Waals surface area contributed by atoms with Gasteiger partial charge in [0.15, 0.2) is 0 Å². The minimum absolute atomic E-state index is 0.0458. The van der Waals surface area contributed by atoms with Crippen molar-refractivity contribution < 1.29 is 9.59 Å². The predicted octanol–water partition coefficient (Wildman–Crippen LogP) is 0.812. The highest BCUT2D eigenvalue weighted by molar-refractivity contribution is 5.96. The van der Waals surface area contributed by atoms with Crippen LogP contribution in [-0.2, 0) is 4.79 Å². The third-order valence-corrected chi connectivity index (χ3v) is 4.26. The first-order valence-corrected chi connectivity index (χ1v) is 7.79. The van der Waals surface area contributed by atoms with Crippen molar-refractivity contribution >= 4 is 11.9 Å². The lowest BCUT2D eigenvalue weighted by molar-refractivity contribution is -0.128. The van der Waals surface area contributed by atoms with Crippen LogP contribution in [0, 0.1) is 0 Å². The van der Waals surface area contributed by atoms with Crippen LogP contribution in [0.1, 0.15) is 18.5 Å². The fourth-order valence-corrected chi connectivity index (χ4v) is 2.65. The number of aromatic nitrogens is 3. The summed E-state index contributed by atoms with van der Waals surface area (Å²) >= 11 is 0. The Morgan fingerprint density at radius 2 is 2.12 bits per heavy atom. The molecule has 3 rings (SSSR count). The number of hydrogen-bond donors (Lipinski definition) is 1. The molecule has 1 aromatic carbocycles. The third kappa shape index (κ3) is 3.28. The molecule has 24 heavy (non-hydrogen) atoms. The molecule has 1 fully saturated rings. The SMILES string of the molecule is C[C@@H](c1ccc(-n2cncn2)cc1)N(C)CC(=O)N1CCNC1=O. The van der Waals surface area contributed by atoms with E-state index >= 15 is 0 Å². The van der Waals surface area contributed by atoms with Crippen LogP contribution in [0.15, 0.2) is 36.9 Å². The van der Waals surface area contributed by atoms with Crippen molar-refractivity contribution in [3.63, 3.8) is 0 Å². The molecule has 1 aromatic heterocycles. The van der Waals surface area contributed by atoms with Gasteiger partial charge in [-0.15, -0.1) is 0 Å². The highest BCUT2D eigenvalue weighted by atomic mass is 16.2. The van der Waals surface area contributed by atoms with Crippen LogP contribution in [-0.4, -0.2) is 63.2 Å². The maximum atomic E-state index is 12.2. The van der Waals surface area contributed by atoms with E-state index in [1.807, 2.05) is 43.1 Å². The van der Waals surface area contributed by atoms with Gasteiger partial charge in [0.1, 0.15) is 12.7 Å². The summed E-state index contributed by atoms with van der Waals surface area (Å²) in [6.07, 6.45) is 3.13. The molecular formula is C16H20N6O2. The highest BCUT2D eigenvalue weighted by Crippen LogP contribution is 2.20. The topological polar surface area (TPSA) is 83.4 Å². The molecule has 1 atom stereocenters. The highest BCUT2D eigenvalue weighted by Gasteiger charge is 2.27. The first kappa shape index (κ1) is 16.1. The standard InChI is InChI=1S/C16H20N6O2/c1-12(20(2)9-15(23)21-8-7-18-16(21)24)13-3-5-14(6-4-13)22-11-17-10-19-22/h3-6,10-12H,7-9H2,1-2H3,(H,18,24)/t12-/m0/s1. The van der Waals surface area contributed by atoms with Crippen molar-refractivity contribution in [1.82, 2.24) is 29.9 Å². The number of hydrogen-bond acceptors (Lipinski definition) is 5. The molecule has 1 N–H and O–H groups in total. The van der Waals surface area contributed by atoms with Gasteiger partial charge in [-0.3, -0.25) is 14.6 Å². The van der Waals surface area contributed by atoms with Gasteiger partial charge in [0, 0.05) is 19.1 Å². The number of carbonyl (C=O) groups is 2. The predicted molar refractivity (Wildman–Crippen MR) is 87.5 cm³/mol. The summed E-state index contributed by atoms with van der Waals surface area (Å²) in [6.45, 7) is 3.18. The molecule has 0 bridgehead atoms. The van der Waals surface area contributed by atoms with Gasteiger partial charge >= 0.3 is 6.03 Å². The zero-order valence-corrected chi connectivity index (χ0v) is 13.7. The molecular weight excluding hydrogens is 308 g/mol. The molecule has 2 heterocycles. The number of imide groups is 1. The number of rotatable bonds is 5. The Balaban J connectivity index is 1.63. The summed E-state index contributed by atoms with van der Waals surface area (Å²) in [6, 6.07) is 7.67. The molecule has 0 aliphatic carbocycles. The Hall–Kier alpha value is -2.74. The number of carbonyl (C=O) groups excluding carboxylic acids is 2. The van der Waals surface area contributed by atoms with Gasteiger partial charge in [-0.25, -0.2) is 14.5 Å². The van der Waals surface area contributed by atoms with Gasteiger partial charge in [-0.1, -0.05) is 12.1 Å². The largest absolute Gasteiger partial charge is 0.336 e. The van der Waals surface area contributed by atoms with Crippen molar-refractivity contribution in [2.75, 3.05) is 26.7 Å². The Morgan fingerprint density at radius 1 is 1.38 bits per heavy atom. The number of likely N-dealkylation sites (N-methyl/N-ethyl adjacent to an activating group) is 1. The van der Waals surface area contributed by atoms with Crippen LogP contribution in [0.2, 0.25) is 0 Å². The summed E-state index contributed by atoms with van der Waals surface area (Å²) in [5, 5.41) is 6.73. The lowest BCUT2D eigenvalue weighted by Gasteiger charge is -2.26. The van der Waals surface area contributed by atoms with Gasteiger partial charge in [-0.2, -0.15) is 5.10 Å². The Kier molecular flexibility index (Phi) is 4.57. The summed E-state index contributed by atoms with van der Waals surface area (Å²) in [7, 11) is 1.88. The minimum Gasteiger partial charge on any atom is -0.336 e. The van der Waals surface area contributed by atoms with Gasteiger partial charge in [0.25, 0.3) is 0 Å². The summed E-state index contributed by atoms with van der Waals surface area (Å²) < 4.78 is 1.69. The molecule has 126 valence electrons. The molecule has 1 aliphatic heterocycles. The Morgan fingerprint density at radius 3 is 2.71 bits per heavy atom. The van der Waals surface area contributed by atoms with E-state index in [9.17, 15) is 9.59 Å². The second kappa shape index (κ2) is 6.79. The molecule has 0 radical (unpaired) electrons. The van der Waals surface area contributed by atoms with Gasteiger partial charge < -0.3 is 5.32 Å². The van der Waals surface area contributed by atoms with E-state index in [0.717, 1.165) is 11.3 Å². The zero-order chi connectivity index (χ0) is 17.1. The van der Waals surface area contributed by atoms with Crippen LogP contribution < -0.4 is 5.32 Å². The molecule has 8 heteroatoms. The van der Waals surface area contributed by atoms with Crippen molar-refractivity contribution in [2.24, 2.45) is 0 Å². The van der Waals surface area contributed by atoms with E-state index < -0.39 is 0 Å². The molecule has 8 nitrogen and oxygen atoms in total. The second-order valence-electron chi connectivity index (χ2n) is 5.80. The number of nitrogens with one attached hydrogen (secondary N) is 1. The van der Waals surface area contributed by atoms with Crippen molar-refractivity contribution in [2.45, 2.75) is 13.0 Å². The smallest absolute Gasteiger partial charge is 0.324 e. The molecule has 2 aromatic rings. The number of nitrogens with zero attached hydrogens (tertiary/aromatic N) is 5. The molecule has 0 saturated carbocycles. The van der Waals surface area contributed by atoms with E-state index in [1.54, 1.807) is 11.0 Å². The van der Waals surface area contributed by atoms with Gasteiger partial charge in [0.2, 0.25) is 5.91 Å². The molecule has 1 aliphatic rings. The van der Waals surface area contributed by atoms with Crippen molar-refractivity contribution in [3.05, 3.63) is 42.5 Å². The Bertz CT molecular complexity index is 713. The van der Waals surface area contributed by atoms with Crippen molar-refractivity contribution in [3.8, 4) is 5.69 Å². The van der Waals surface area contributed by atoms with E-state index in [1.165, 1.54) is 11.2 Å². The van der Waals surface area contributed by atoms with Crippen LogP contribution in [0.25, 0.3) is 5.69 Å². The monoisotopic (exact) mass is 328 g/mol. The van der Waals surface area contributed by atoms with Crippen LogP contribution in [0.3, 0.4) is 0 Å². The summed E-state index contributed by atoms with van der Waals surface area (Å²) in [5.74, 6) is -0.182. The first-order valence-electron chi connectivity index (χ1n) is 7.79. The first-order chi connectivity index (χ1) is 11.6. The zero-order valence-electron chi connectivity index (χ0n) is 13.7. The van der Waals surface area contributed by atoms with Crippen LogP contribution in [0.5, 0.6) is 0 Å². The maximum Gasteiger partial charge on any atom is 0.324 e. The average molecular weight is 328 g/mol. The number of benzene rings is 1. The second-order valence-corrected chi connectivity index (χ2v) is 5.80. The summed E-state index contributed by atoms with van der Waals surface area (Å²) in [4.78, 5) is 30.9. The van der Waals surface area contributed by atoms with Gasteiger partial charge in [-0.05, 0) is 31.7 Å². The molecule has 0 spiro atoms. The molecule has 0 unspecified atom stereocenters. The summed E-state index contributed by atoms with van der Waals surface area (Å²) in [5.41, 5.74) is 2.01. The lowest BCUT2D eigenvalue weighted by atomic mass is 10.1. The molecule has 1 saturated heterocycles. The number of amides is 3. The maximum absolute atomic E-state index is 12.2. The lowest BCUT2D eigenvalue weighted by Crippen LogP contribution is -2.41. The van der Waals surface area contributed by atoms with E-state index in [2.05, 4.69) is 15.4 Å². The fourth-order valence-electron chi connectivity index (χ4n) is 2.65. The normalized spacial score (nSPS) is 15.6. The quantitative estimate of drug-likeness (QED) is 0.878. The Labute approximate surface area is 140 Å². The molecule has 3 amide bonds. The van der Waals surface area contributed by atoms with Crippen LogP contribution >= 0.6 is 0 Å².